The number of rotatable bonds is 2. The molecule has 6 heteroatoms. The minimum absolute atomic E-state index is 0.284. The van der Waals surface area contributed by atoms with E-state index in [0.717, 1.165) is 10.5 Å². The lowest BCUT2D eigenvalue weighted by molar-refractivity contribution is 0.0697. The van der Waals surface area contributed by atoms with Gasteiger partial charge in [0.25, 0.3) is 0 Å². The fourth-order valence-electron chi connectivity index (χ4n) is 1.68. The highest BCUT2D eigenvalue weighted by atomic mass is 32.1. The normalized spacial score (nSPS) is 15.5. The molecule has 1 aliphatic heterocycles. The molecule has 0 saturated carbocycles. The van der Waals surface area contributed by atoms with Gasteiger partial charge in [-0.05, 0) is 18.1 Å². The number of amides is 1. The smallest absolute Gasteiger partial charge is 0.407 e. The number of carboxylic acids is 1. The Morgan fingerprint density at radius 3 is 2.59 bits per heavy atom. The van der Waals surface area contributed by atoms with Gasteiger partial charge in [-0.15, -0.1) is 11.3 Å². The Morgan fingerprint density at radius 1 is 1.35 bits per heavy atom. The lowest BCUT2D eigenvalue weighted by Gasteiger charge is -2.23. The number of carboxylic acid groups (broad SMARTS) is 2. The van der Waals surface area contributed by atoms with Crippen molar-refractivity contribution in [2.24, 2.45) is 0 Å². The Hall–Kier alpha value is -1.82. The summed E-state index contributed by atoms with van der Waals surface area (Å²) < 4.78 is 0. The summed E-state index contributed by atoms with van der Waals surface area (Å²) in [4.78, 5) is 23.7. The fraction of sp³-hybridized carbons (Fsp3) is 0.273. The van der Waals surface area contributed by atoms with Gasteiger partial charge in [0.05, 0.1) is 5.56 Å². The lowest BCUT2D eigenvalue weighted by atomic mass is 10.1. The van der Waals surface area contributed by atoms with E-state index in [-0.39, 0.29) is 5.56 Å². The van der Waals surface area contributed by atoms with Crippen LogP contribution in [0.2, 0.25) is 0 Å². The summed E-state index contributed by atoms with van der Waals surface area (Å²) >= 11 is 1.38. The van der Waals surface area contributed by atoms with Crippen LogP contribution in [-0.4, -0.2) is 40.3 Å². The van der Waals surface area contributed by atoms with Crippen molar-refractivity contribution in [2.75, 3.05) is 13.1 Å². The van der Waals surface area contributed by atoms with Gasteiger partial charge in [-0.1, -0.05) is 6.08 Å². The largest absolute Gasteiger partial charge is 0.478 e. The molecule has 0 unspecified atom stereocenters. The maximum absolute atomic E-state index is 10.7. The van der Waals surface area contributed by atoms with E-state index in [2.05, 4.69) is 0 Å². The SMILES string of the molecule is O=C(O)c1csc(C2=CCN(C(=O)O)CC2)c1. The first-order chi connectivity index (χ1) is 8.08. The summed E-state index contributed by atoms with van der Waals surface area (Å²) in [7, 11) is 0. The highest BCUT2D eigenvalue weighted by molar-refractivity contribution is 7.11. The van der Waals surface area contributed by atoms with Crippen LogP contribution in [0, 0.1) is 0 Å². The quantitative estimate of drug-likeness (QED) is 0.847. The van der Waals surface area contributed by atoms with Gasteiger partial charge >= 0.3 is 12.1 Å². The van der Waals surface area contributed by atoms with Crippen LogP contribution in [0.1, 0.15) is 21.7 Å². The Labute approximate surface area is 102 Å². The van der Waals surface area contributed by atoms with Gasteiger partial charge in [-0.2, -0.15) is 0 Å². The van der Waals surface area contributed by atoms with Crippen LogP contribution in [-0.2, 0) is 0 Å². The molecule has 1 aromatic heterocycles. The van der Waals surface area contributed by atoms with E-state index in [0.29, 0.717) is 19.5 Å². The Balaban J connectivity index is 2.13. The molecular weight excluding hydrogens is 242 g/mol. The lowest BCUT2D eigenvalue weighted by Crippen LogP contribution is -2.33. The van der Waals surface area contributed by atoms with Crippen molar-refractivity contribution in [2.45, 2.75) is 6.42 Å². The summed E-state index contributed by atoms with van der Waals surface area (Å²) in [5.74, 6) is -0.934. The van der Waals surface area contributed by atoms with Crippen LogP contribution in [0.15, 0.2) is 17.5 Å². The topological polar surface area (TPSA) is 77.8 Å². The second-order valence-electron chi connectivity index (χ2n) is 3.71. The monoisotopic (exact) mass is 253 g/mol. The number of thiophene rings is 1. The molecule has 90 valence electrons. The molecule has 1 amide bonds. The molecule has 0 aromatic carbocycles. The van der Waals surface area contributed by atoms with E-state index >= 15 is 0 Å². The molecule has 5 nitrogen and oxygen atoms in total. The first-order valence-electron chi connectivity index (χ1n) is 5.07. The maximum atomic E-state index is 10.7. The summed E-state index contributed by atoms with van der Waals surface area (Å²) in [6, 6.07) is 1.63. The molecule has 2 N–H and O–H groups in total. The van der Waals surface area contributed by atoms with Crippen molar-refractivity contribution in [1.29, 1.82) is 0 Å². The molecule has 17 heavy (non-hydrogen) atoms. The van der Waals surface area contributed by atoms with Crippen molar-refractivity contribution in [3.05, 3.63) is 28.0 Å². The van der Waals surface area contributed by atoms with Gasteiger partial charge in [0.1, 0.15) is 0 Å². The molecule has 0 radical (unpaired) electrons. The van der Waals surface area contributed by atoms with Crippen molar-refractivity contribution >= 4 is 29.0 Å². The number of hydrogen-bond acceptors (Lipinski definition) is 3. The minimum Gasteiger partial charge on any atom is -0.478 e. The van der Waals surface area contributed by atoms with Crippen LogP contribution in [0.4, 0.5) is 4.79 Å². The third kappa shape index (κ3) is 2.47. The third-order valence-corrected chi connectivity index (χ3v) is 3.65. The van der Waals surface area contributed by atoms with Gasteiger partial charge < -0.3 is 15.1 Å². The summed E-state index contributed by atoms with van der Waals surface area (Å²) in [5.41, 5.74) is 1.31. The van der Waals surface area contributed by atoms with Gasteiger partial charge in [-0.3, -0.25) is 0 Å². The molecule has 1 aromatic rings. The zero-order chi connectivity index (χ0) is 12.4. The molecule has 1 aliphatic rings. The van der Waals surface area contributed by atoms with Crippen molar-refractivity contribution in [1.82, 2.24) is 4.90 Å². The van der Waals surface area contributed by atoms with E-state index in [1.54, 1.807) is 11.4 Å². The average Bonchev–Trinajstić information content (AvgIpc) is 2.78. The third-order valence-electron chi connectivity index (χ3n) is 2.64. The molecule has 2 heterocycles. The molecule has 0 fully saturated rings. The van der Waals surface area contributed by atoms with Gasteiger partial charge in [0.15, 0.2) is 0 Å². The molecular formula is C11H11NO4S. The number of carbonyl (C=O) groups is 2. The second-order valence-corrected chi connectivity index (χ2v) is 4.62. The van der Waals surface area contributed by atoms with E-state index in [9.17, 15) is 9.59 Å². The van der Waals surface area contributed by atoms with Crippen LogP contribution < -0.4 is 0 Å². The van der Waals surface area contributed by atoms with E-state index in [1.807, 2.05) is 6.08 Å². The van der Waals surface area contributed by atoms with Crippen LogP contribution >= 0.6 is 11.3 Å². The van der Waals surface area contributed by atoms with E-state index in [4.69, 9.17) is 10.2 Å². The van der Waals surface area contributed by atoms with E-state index in [1.165, 1.54) is 16.2 Å². The highest BCUT2D eigenvalue weighted by Gasteiger charge is 2.18. The number of aromatic carboxylic acids is 1. The molecule has 2 rings (SSSR count). The van der Waals surface area contributed by atoms with Crippen LogP contribution in [0.25, 0.3) is 5.57 Å². The molecule has 0 bridgehead atoms. The predicted molar refractivity (Wildman–Crippen MR) is 63.5 cm³/mol. The summed E-state index contributed by atoms with van der Waals surface area (Å²) in [5, 5.41) is 19.2. The average molecular weight is 253 g/mol. The first-order valence-corrected chi connectivity index (χ1v) is 5.95. The molecule has 0 aliphatic carbocycles. The Morgan fingerprint density at radius 2 is 2.12 bits per heavy atom. The minimum atomic E-state index is -0.934. The Bertz CT molecular complexity index is 491. The molecule has 0 spiro atoms. The van der Waals surface area contributed by atoms with Crippen molar-refractivity contribution < 1.29 is 19.8 Å². The maximum Gasteiger partial charge on any atom is 0.407 e. The Kier molecular flexibility index (Phi) is 3.14. The first kappa shape index (κ1) is 11.7. The second kappa shape index (κ2) is 4.58. The fourth-order valence-corrected chi connectivity index (χ4v) is 2.64. The summed E-state index contributed by atoms with van der Waals surface area (Å²) in [6.07, 6.45) is 1.55. The van der Waals surface area contributed by atoms with Crippen molar-refractivity contribution in [3.63, 3.8) is 0 Å². The van der Waals surface area contributed by atoms with Gasteiger partial charge in [0, 0.05) is 23.3 Å². The summed E-state index contributed by atoms with van der Waals surface area (Å²) in [6.45, 7) is 0.826. The van der Waals surface area contributed by atoms with Crippen molar-refractivity contribution in [3.8, 4) is 0 Å². The zero-order valence-electron chi connectivity index (χ0n) is 8.92. The number of nitrogens with zero attached hydrogens (tertiary/aromatic N) is 1. The zero-order valence-corrected chi connectivity index (χ0v) is 9.74. The molecule has 0 saturated heterocycles. The van der Waals surface area contributed by atoms with Gasteiger partial charge in [0.2, 0.25) is 0 Å². The van der Waals surface area contributed by atoms with Crippen LogP contribution in [0.5, 0.6) is 0 Å². The number of hydrogen-bond donors (Lipinski definition) is 2. The van der Waals surface area contributed by atoms with Gasteiger partial charge in [-0.25, -0.2) is 9.59 Å². The predicted octanol–water partition coefficient (Wildman–Crippen LogP) is 2.21. The van der Waals surface area contributed by atoms with E-state index < -0.39 is 12.1 Å². The highest BCUT2D eigenvalue weighted by Crippen LogP contribution is 2.28. The van der Waals surface area contributed by atoms with Crippen LogP contribution in [0.3, 0.4) is 0 Å². The molecule has 0 atom stereocenters. The standard InChI is InChI=1S/C11H11NO4S/c13-10(14)8-5-9(17-6-8)7-1-3-12(4-2-7)11(15)16/h1,5-6H,2-4H2,(H,13,14)(H,15,16).